The molecule has 0 aliphatic rings. The van der Waals surface area contributed by atoms with Crippen LogP contribution < -0.4 is 4.74 Å². The number of nitrogens with zero attached hydrogens (tertiary/aromatic N) is 2. The van der Waals surface area contributed by atoms with E-state index in [1.54, 1.807) is 76.2 Å². The third-order valence-electron chi connectivity index (χ3n) is 6.43. The summed E-state index contributed by atoms with van der Waals surface area (Å²) in [6.45, 7) is 13.5. The van der Waals surface area contributed by atoms with Crippen LogP contribution in [0.2, 0.25) is 0 Å². The Bertz CT molecular complexity index is 1470. The van der Waals surface area contributed by atoms with Crippen LogP contribution >= 0.6 is 0 Å². The molecule has 9 heteroatoms. The molecule has 9 nitrogen and oxygen atoms in total. The molecule has 0 fully saturated rings. The third kappa shape index (κ3) is 7.34. The number of carbonyl (C=O) groups is 4. The number of carbonyl (C=O) groups excluding carboxylic acids is 4. The molecule has 0 aliphatic carbocycles. The number of ether oxygens (including phenoxy) is 3. The minimum absolute atomic E-state index is 0.119. The van der Waals surface area contributed by atoms with E-state index in [9.17, 15) is 19.2 Å². The van der Waals surface area contributed by atoms with Gasteiger partial charge in [0.15, 0.2) is 0 Å². The van der Waals surface area contributed by atoms with Crippen LogP contribution in [-0.4, -0.2) is 46.5 Å². The standard InChI is InChI=1S/C33H38N2O7/c1-20-13-15-25(16-14-20)31(41-24(5)36)42-32(39)34(30(38)27-11-10-12-28(40-9)23(27)4)35(33(6,7)8)29(37)26-18-21(2)17-22(3)19-26/h10-19,31H,1-9H3. The van der Waals surface area contributed by atoms with Gasteiger partial charge in [0.2, 0.25) is 0 Å². The number of methoxy groups -OCH3 is 1. The van der Waals surface area contributed by atoms with Crippen molar-refractivity contribution in [3.05, 3.63) is 99.6 Å². The topological polar surface area (TPSA) is 102 Å². The molecule has 0 heterocycles. The maximum Gasteiger partial charge on any atom is 0.439 e. The quantitative estimate of drug-likeness (QED) is 0.185. The number of imide groups is 1. The first-order valence-electron chi connectivity index (χ1n) is 13.5. The van der Waals surface area contributed by atoms with Gasteiger partial charge < -0.3 is 14.2 Å². The molecule has 0 saturated carbocycles. The van der Waals surface area contributed by atoms with Crippen LogP contribution in [0.4, 0.5) is 4.79 Å². The van der Waals surface area contributed by atoms with Crippen LogP contribution in [0.3, 0.4) is 0 Å². The number of hydrazine groups is 1. The van der Waals surface area contributed by atoms with E-state index in [1.807, 2.05) is 26.8 Å². The number of esters is 1. The SMILES string of the molecule is COc1cccc(C(=O)N(C(=O)OC(OC(C)=O)c2ccc(C)cc2)N(C(=O)c2cc(C)cc(C)c2)C(C)(C)C)c1C. The molecule has 0 aliphatic heterocycles. The average molecular weight is 575 g/mol. The molecular formula is C33H38N2O7. The Morgan fingerprint density at radius 3 is 1.88 bits per heavy atom. The Kier molecular flexibility index (Phi) is 9.78. The Balaban J connectivity index is 2.21. The first kappa shape index (κ1) is 31.9. The van der Waals surface area contributed by atoms with E-state index < -0.39 is 35.7 Å². The van der Waals surface area contributed by atoms with Crippen molar-refractivity contribution in [1.29, 1.82) is 0 Å². The Labute approximate surface area is 246 Å². The summed E-state index contributed by atoms with van der Waals surface area (Å²) in [5.74, 6) is -1.70. The molecule has 3 rings (SSSR count). The highest BCUT2D eigenvalue weighted by atomic mass is 16.7. The fraction of sp³-hybridized carbons (Fsp3) is 0.333. The second-order valence-corrected chi connectivity index (χ2v) is 11.1. The fourth-order valence-corrected chi connectivity index (χ4v) is 4.53. The van der Waals surface area contributed by atoms with Crippen molar-refractivity contribution in [1.82, 2.24) is 10.0 Å². The van der Waals surface area contributed by atoms with Crippen molar-refractivity contribution in [3.63, 3.8) is 0 Å². The predicted octanol–water partition coefficient (Wildman–Crippen LogP) is 6.63. The Hall–Kier alpha value is -4.66. The number of benzene rings is 3. The molecular weight excluding hydrogens is 536 g/mol. The number of amides is 3. The summed E-state index contributed by atoms with van der Waals surface area (Å²) in [6, 6.07) is 17.0. The van der Waals surface area contributed by atoms with E-state index in [1.165, 1.54) is 20.1 Å². The fourth-order valence-electron chi connectivity index (χ4n) is 4.53. The maximum absolute atomic E-state index is 14.3. The Morgan fingerprint density at radius 1 is 0.762 bits per heavy atom. The minimum atomic E-state index is -1.48. The van der Waals surface area contributed by atoms with Gasteiger partial charge >= 0.3 is 12.1 Å². The van der Waals surface area contributed by atoms with E-state index in [2.05, 4.69) is 0 Å². The van der Waals surface area contributed by atoms with E-state index in [-0.39, 0.29) is 11.1 Å². The van der Waals surface area contributed by atoms with Crippen molar-refractivity contribution in [3.8, 4) is 5.75 Å². The molecule has 3 aromatic carbocycles. The van der Waals surface area contributed by atoms with E-state index in [0.717, 1.165) is 21.7 Å². The van der Waals surface area contributed by atoms with E-state index >= 15 is 0 Å². The van der Waals surface area contributed by atoms with Crippen molar-refractivity contribution in [2.75, 3.05) is 7.11 Å². The summed E-state index contributed by atoms with van der Waals surface area (Å²) < 4.78 is 16.4. The summed E-state index contributed by atoms with van der Waals surface area (Å²) in [5.41, 5.74) is 2.77. The van der Waals surface area contributed by atoms with Crippen molar-refractivity contribution in [2.24, 2.45) is 0 Å². The smallest absolute Gasteiger partial charge is 0.439 e. The lowest BCUT2D eigenvalue weighted by Crippen LogP contribution is -2.60. The van der Waals surface area contributed by atoms with E-state index in [0.29, 0.717) is 21.9 Å². The monoisotopic (exact) mass is 574 g/mol. The minimum Gasteiger partial charge on any atom is -0.496 e. The van der Waals surface area contributed by atoms with Gasteiger partial charge in [-0.15, -0.1) is 5.01 Å². The highest BCUT2D eigenvalue weighted by Gasteiger charge is 2.42. The van der Waals surface area contributed by atoms with Crippen LogP contribution in [0.5, 0.6) is 5.75 Å². The highest BCUT2D eigenvalue weighted by Crippen LogP contribution is 2.29. The summed E-state index contributed by atoms with van der Waals surface area (Å²) in [7, 11) is 1.47. The molecule has 0 spiro atoms. The molecule has 0 N–H and O–H groups in total. The number of hydrogen-bond acceptors (Lipinski definition) is 7. The zero-order valence-corrected chi connectivity index (χ0v) is 25.6. The molecule has 1 atom stereocenters. The Morgan fingerprint density at radius 2 is 1.36 bits per heavy atom. The van der Waals surface area contributed by atoms with Crippen LogP contribution in [0, 0.1) is 27.7 Å². The number of hydrogen-bond donors (Lipinski definition) is 0. The zero-order chi connectivity index (χ0) is 31.4. The zero-order valence-electron chi connectivity index (χ0n) is 25.6. The lowest BCUT2D eigenvalue weighted by Gasteiger charge is -2.41. The average Bonchev–Trinajstić information content (AvgIpc) is 2.89. The van der Waals surface area contributed by atoms with Crippen molar-refractivity contribution >= 4 is 23.9 Å². The molecule has 0 aromatic heterocycles. The van der Waals surface area contributed by atoms with Crippen LogP contribution in [0.25, 0.3) is 0 Å². The van der Waals surface area contributed by atoms with Gasteiger partial charge in [-0.3, -0.25) is 14.4 Å². The molecule has 3 aromatic rings. The summed E-state index contributed by atoms with van der Waals surface area (Å²) in [6.07, 6.45) is -2.68. The van der Waals surface area contributed by atoms with Gasteiger partial charge in [0.25, 0.3) is 18.1 Å². The van der Waals surface area contributed by atoms with Crippen LogP contribution in [-0.2, 0) is 14.3 Å². The highest BCUT2D eigenvalue weighted by molar-refractivity contribution is 6.07. The number of aryl methyl sites for hydroxylation is 3. The van der Waals surface area contributed by atoms with Gasteiger partial charge in [0.1, 0.15) is 5.75 Å². The lowest BCUT2D eigenvalue weighted by atomic mass is 10.0. The molecule has 0 saturated heterocycles. The first-order chi connectivity index (χ1) is 19.6. The molecule has 42 heavy (non-hydrogen) atoms. The molecule has 3 amide bonds. The van der Waals surface area contributed by atoms with Crippen molar-refractivity contribution in [2.45, 2.75) is 67.2 Å². The largest absolute Gasteiger partial charge is 0.496 e. The van der Waals surface area contributed by atoms with Crippen molar-refractivity contribution < 1.29 is 33.4 Å². The van der Waals surface area contributed by atoms with Crippen LogP contribution in [0.15, 0.2) is 60.7 Å². The molecule has 0 radical (unpaired) electrons. The molecule has 1 unspecified atom stereocenters. The third-order valence-corrected chi connectivity index (χ3v) is 6.43. The first-order valence-corrected chi connectivity index (χ1v) is 13.5. The summed E-state index contributed by atoms with van der Waals surface area (Å²) in [4.78, 5) is 54.5. The second kappa shape index (κ2) is 12.9. The normalized spacial score (nSPS) is 11.7. The van der Waals surface area contributed by atoms with Gasteiger partial charge in [-0.2, -0.15) is 0 Å². The van der Waals surface area contributed by atoms with Gasteiger partial charge in [-0.1, -0.05) is 53.1 Å². The van der Waals surface area contributed by atoms with Crippen LogP contribution in [0.1, 0.15) is 82.5 Å². The van der Waals surface area contributed by atoms with Gasteiger partial charge in [0.05, 0.1) is 12.6 Å². The molecule has 0 bridgehead atoms. The molecule has 222 valence electrons. The van der Waals surface area contributed by atoms with Gasteiger partial charge in [0, 0.05) is 29.2 Å². The maximum atomic E-state index is 14.3. The second-order valence-electron chi connectivity index (χ2n) is 11.1. The van der Waals surface area contributed by atoms with E-state index in [4.69, 9.17) is 14.2 Å². The summed E-state index contributed by atoms with van der Waals surface area (Å²) >= 11 is 0. The predicted molar refractivity (Wildman–Crippen MR) is 158 cm³/mol. The van der Waals surface area contributed by atoms with Gasteiger partial charge in [-0.05, 0) is 72.7 Å². The number of rotatable bonds is 6. The van der Waals surface area contributed by atoms with Gasteiger partial charge in [-0.25, -0.2) is 9.80 Å². The summed E-state index contributed by atoms with van der Waals surface area (Å²) in [5, 5.41) is 1.75. The lowest BCUT2D eigenvalue weighted by molar-refractivity contribution is -0.170.